The van der Waals surface area contributed by atoms with Gasteiger partial charge in [0.15, 0.2) is 11.9 Å². The molecule has 1 saturated carbocycles. The molecular weight excluding hydrogens is 344 g/mol. The molecule has 2 heterocycles. The molecule has 7 nitrogen and oxygen atoms in total. The Morgan fingerprint density at radius 2 is 2.12 bits per heavy atom. The molecule has 25 heavy (non-hydrogen) atoms. The number of esters is 2. The van der Waals surface area contributed by atoms with E-state index in [1.54, 1.807) is 20.8 Å². The smallest absolute Gasteiger partial charge is 0.348 e. The monoisotopic (exact) mass is 364 g/mol. The maximum atomic E-state index is 12.4. The summed E-state index contributed by atoms with van der Waals surface area (Å²) in [6.45, 7) is 7.34. The number of aryl methyl sites for hydroxylation is 1. The molecule has 0 amide bonds. The van der Waals surface area contributed by atoms with Crippen molar-refractivity contribution in [3.8, 4) is 0 Å². The number of ether oxygens (including phenoxy) is 2. The SMILES string of the molecule is CCOC(=O)c1sc2nc([C@@H](C)OC(=O)[C@H]3C[C@@H]3C)[nH]c(=O)c2c1C. The molecule has 0 bridgehead atoms. The van der Waals surface area contributed by atoms with Crippen LogP contribution in [0, 0.1) is 18.8 Å². The molecule has 0 aromatic carbocycles. The Kier molecular flexibility index (Phi) is 4.64. The first-order chi connectivity index (χ1) is 11.8. The fraction of sp³-hybridized carbons (Fsp3) is 0.529. The summed E-state index contributed by atoms with van der Waals surface area (Å²) in [5.74, 6) is -0.169. The molecular formula is C17H20N2O5S. The van der Waals surface area contributed by atoms with Gasteiger partial charge in [-0.3, -0.25) is 9.59 Å². The molecule has 3 rings (SSSR count). The van der Waals surface area contributed by atoms with E-state index in [1.807, 2.05) is 6.92 Å². The molecule has 0 saturated heterocycles. The maximum Gasteiger partial charge on any atom is 0.348 e. The standard InChI is InChI=1S/C17H20N2O5S/c1-5-23-17(22)12-8(3)11-14(20)18-13(19-15(11)25-12)9(4)24-16(21)10-6-7(10)2/h7,9-10H,5-6H2,1-4H3,(H,18,19,20)/t7-,9+,10-/m0/s1. The van der Waals surface area contributed by atoms with Gasteiger partial charge < -0.3 is 14.5 Å². The average molecular weight is 364 g/mol. The number of nitrogens with one attached hydrogen (secondary N) is 1. The summed E-state index contributed by atoms with van der Waals surface area (Å²) in [6.07, 6.45) is 0.174. The van der Waals surface area contributed by atoms with Crippen molar-refractivity contribution in [3.63, 3.8) is 0 Å². The second-order valence-corrected chi connectivity index (χ2v) is 7.31. The molecule has 0 aliphatic heterocycles. The number of aromatic nitrogens is 2. The molecule has 1 aliphatic rings. The van der Waals surface area contributed by atoms with Gasteiger partial charge in [-0.25, -0.2) is 9.78 Å². The van der Waals surface area contributed by atoms with E-state index in [1.165, 1.54) is 0 Å². The van der Waals surface area contributed by atoms with Crippen LogP contribution in [0.3, 0.4) is 0 Å². The van der Waals surface area contributed by atoms with Crippen molar-refractivity contribution in [1.29, 1.82) is 0 Å². The number of fused-ring (bicyclic) bond motifs is 1. The maximum absolute atomic E-state index is 12.4. The zero-order valence-electron chi connectivity index (χ0n) is 14.5. The predicted octanol–water partition coefficient (Wildman–Crippen LogP) is 2.73. The number of hydrogen-bond donors (Lipinski definition) is 1. The molecule has 134 valence electrons. The number of thiophene rings is 1. The molecule has 1 aliphatic carbocycles. The van der Waals surface area contributed by atoms with Gasteiger partial charge in [-0.05, 0) is 38.7 Å². The molecule has 0 unspecified atom stereocenters. The Hall–Kier alpha value is -2.22. The number of carbonyl (C=O) groups excluding carboxylic acids is 2. The molecule has 2 aromatic rings. The second kappa shape index (κ2) is 6.59. The van der Waals surface area contributed by atoms with Crippen molar-refractivity contribution in [2.45, 2.75) is 40.2 Å². The van der Waals surface area contributed by atoms with Crippen molar-refractivity contribution in [1.82, 2.24) is 9.97 Å². The topological polar surface area (TPSA) is 98.3 Å². The van der Waals surface area contributed by atoms with E-state index in [0.717, 1.165) is 17.8 Å². The third-order valence-corrected chi connectivity index (χ3v) is 5.54. The number of carbonyl (C=O) groups is 2. The van der Waals surface area contributed by atoms with Crippen LogP contribution in [-0.4, -0.2) is 28.5 Å². The summed E-state index contributed by atoms with van der Waals surface area (Å²) in [4.78, 5) is 44.2. The van der Waals surface area contributed by atoms with Gasteiger partial charge in [0.25, 0.3) is 5.56 Å². The Morgan fingerprint density at radius 3 is 2.72 bits per heavy atom. The lowest BCUT2D eigenvalue weighted by molar-refractivity contribution is -0.150. The third kappa shape index (κ3) is 3.30. The molecule has 8 heteroatoms. The number of rotatable bonds is 5. The fourth-order valence-corrected chi connectivity index (χ4v) is 3.79. The quantitative estimate of drug-likeness (QED) is 0.819. The summed E-state index contributed by atoms with van der Waals surface area (Å²) in [6, 6.07) is 0. The number of H-pyrrole nitrogens is 1. The van der Waals surface area contributed by atoms with E-state index in [0.29, 0.717) is 26.6 Å². The molecule has 2 aromatic heterocycles. The highest BCUT2D eigenvalue weighted by atomic mass is 32.1. The molecule has 0 radical (unpaired) electrons. The zero-order valence-corrected chi connectivity index (χ0v) is 15.4. The van der Waals surface area contributed by atoms with Crippen LogP contribution in [0.15, 0.2) is 4.79 Å². The van der Waals surface area contributed by atoms with E-state index in [9.17, 15) is 14.4 Å². The number of nitrogens with zero attached hydrogens (tertiary/aromatic N) is 1. The van der Waals surface area contributed by atoms with E-state index in [4.69, 9.17) is 9.47 Å². The summed E-state index contributed by atoms with van der Waals surface area (Å²) in [5, 5.41) is 0.367. The van der Waals surface area contributed by atoms with Gasteiger partial charge in [-0.15, -0.1) is 11.3 Å². The zero-order chi connectivity index (χ0) is 18.3. The summed E-state index contributed by atoms with van der Waals surface area (Å²) in [7, 11) is 0. The van der Waals surface area contributed by atoms with Crippen molar-refractivity contribution in [3.05, 3.63) is 26.6 Å². The van der Waals surface area contributed by atoms with Crippen LogP contribution in [0.25, 0.3) is 10.2 Å². The van der Waals surface area contributed by atoms with Gasteiger partial charge in [0, 0.05) is 0 Å². The molecule has 1 N–H and O–H groups in total. The van der Waals surface area contributed by atoms with Gasteiger partial charge >= 0.3 is 11.9 Å². The van der Waals surface area contributed by atoms with E-state index < -0.39 is 12.1 Å². The number of hydrogen-bond acceptors (Lipinski definition) is 7. The Bertz CT molecular complexity index is 900. The van der Waals surface area contributed by atoms with Crippen LogP contribution in [0.4, 0.5) is 0 Å². The Balaban J connectivity index is 1.91. The highest BCUT2D eigenvalue weighted by Crippen LogP contribution is 2.39. The summed E-state index contributed by atoms with van der Waals surface area (Å²) >= 11 is 1.11. The van der Waals surface area contributed by atoms with Crippen LogP contribution < -0.4 is 5.56 Å². The van der Waals surface area contributed by atoms with Crippen molar-refractivity contribution in [2.24, 2.45) is 11.8 Å². The normalized spacial score (nSPS) is 20.3. The van der Waals surface area contributed by atoms with E-state index in [-0.39, 0.29) is 29.9 Å². The van der Waals surface area contributed by atoms with Crippen molar-refractivity contribution in [2.75, 3.05) is 6.61 Å². The lowest BCUT2D eigenvalue weighted by Crippen LogP contribution is -2.18. The Morgan fingerprint density at radius 1 is 1.44 bits per heavy atom. The van der Waals surface area contributed by atoms with E-state index >= 15 is 0 Å². The average Bonchev–Trinajstić information content (AvgIpc) is 3.18. The van der Waals surface area contributed by atoms with Gasteiger partial charge in [0.05, 0.1) is 17.9 Å². The van der Waals surface area contributed by atoms with Gasteiger partial charge in [0.1, 0.15) is 9.71 Å². The van der Waals surface area contributed by atoms with Crippen LogP contribution in [0.1, 0.15) is 54.4 Å². The van der Waals surface area contributed by atoms with E-state index in [2.05, 4.69) is 9.97 Å². The van der Waals surface area contributed by atoms with Gasteiger partial charge in [0.2, 0.25) is 0 Å². The minimum atomic E-state index is -0.661. The van der Waals surface area contributed by atoms with Gasteiger partial charge in [-0.1, -0.05) is 6.92 Å². The Labute approximate surface area is 148 Å². The first-order valence-corrected chi connectivity index (χ1v) is 9.06. The largest absolute Gasteiger partial charge is 0.462 e. The summed E-state index contributed by atoms with van der Waals surface area (Å²) in [5.41, 5.74) is 0.196. The first kappa shape index (κ1) is 17.6. The fourth-order valence-electron chi connectivity index (χ4n) is 2.71. The molecule has 0 spiro atoms. The predicted molar refractivity (Wildman–Crippen MR) is 92.7 cm³/mol. The van der Waals surface area contributed by atoms with Gasteiger partial charge in [-0.2, -0.15) is 0 Å². The lowest BCUT2D eigenvalue weighted by atomic mass is 10.2. The van der Waals surface area contributed by atoms with Crippen LogP contribution in [0.5, 0.6) is 0 Å². The highest BCUT2D eigenvalue weighted by Gasteiger charge is 2.41. The molecule has 1 fully saturated rings. The third-order valence-electron chi connectivity index (χ3n) is 4.37. The van der Waals surface area contributed by atoms with Crippen molar-refractivity contribution < 1.29 is 19.1 Å². The first-order valence-electron chi connectivity index (χ1n) is 8.24. The molecule has 3 atom stereocenters. The van der Waals surface area contributed by atoms with Crippen LogP contribution in [0.2, 0.25) is 0 Å². The number of aromatic amines is 1. The minimum absolute atomic E-state index is 0.0581. The van der Waals surface area contributed by atoms with Crippen LogP contribution in [-0.2, 0) is 14.3 Å². The van der Waals surface area contributed by atoms with Crippen molar-refractivity contribution >= 4 is 33.5 Å². The lowest BCUT2D eigenvalue weighted by Gasteiger charge is -2.12. The summed E-state index contributed by atoms with van der Waals surface area (Å²) < 4.78 is 10.4. The van der Waals surface area contributed by atoms with Crippen LogP contribution >= 0.6 is 11.3 Å². The minimum Gasteiger partial charge on any atom is -0.462 e. The highest BCUT2D eigenvalue weighted by molar-refractivity contribution is 7.20. The second-order valence-electron chi connectivity index (χ2n) is 6.31.